The van der Waals surface area contributed by atoms with Crippen molar-refractivity contribution in [3.8, 4) is 11.3 Å². The number of amides is 1. The van der Waals surface area contributed by atoms with Crippen molar-refractivity contribution in [1.29, 1.82) is 0 Å². The number of benzene rings is 2. The molecule has 0 bridgehead atoms. The van der Waals surface area contributed by atoms with Crippen LogP contribution >= 0.6 is 0 Å². The predicted octanol–water partition coefficient (Wildman–Crippen LogP) is 3.32. The molecule has 4 N–H and O–H groups in total. The number of nitrogens with one attached hydrogen (secondary N) is 1. The van der Waals surface area contributed by atoms with E-state index < -0.39 is 23.8 Å². The van der Waals surface area contributed by atoms with Crippen molar-refractivity contribution in [3.63, 3.8) is 0 Å². The molecule has 8 heteroatoms. The lowest BCUT2D eigenvalue weighted by atomic mass is 10.0. The van der Waals surface area contributed by atoms with E-state index >= 15 is 0 Å². The molecule has 0 unspecified atom stereocenters. The van der Waals surface area contributed by atoms with E-state index in [-0.39, 0.29) is 6.54 Å². The molecule has 2 aromatic carbocycles. The molecular formula is C26H33N5O3. The van der Waals surface area contributed by atoms with Crippen molar-refractivity contribution in [2.75, 3.05) is 6.54 Å². The number of nitrogens with two attached hydrogens (primary N) is 1. The lowest BCUT2D eigenvalue weighted by Gasteiger charge is -2.29. The van der Waals surface area contributed by atoms with Gasteiger partial charge in [-0.1, -0.05) is 54.6 Å². The maximum absolute atomic E-state index is 12.4. The van der Waals surface area contributed by atoms with Crippen molar-refractivity contribution in [3.05, 3.63) is 84.3 Å². The summed E-state index contributed by atoms with van der Waals surface area (Å²) >= 11 is 0. The molecule has 0 fully saturated rings. The third-order valence-corrected chi connectivity index (χ3v) is 5.05. The average Bonchev–Trinajstić information content (AvgIpc) is 2.79. The van der Waals surface area contributed by atoms with Crippen LogP contribution in [0.3, 0.4) is 0 Å². The van der Waals surface area contributed by atoms with E-state index in [4.69, 9.17) is 10.5 Å². The molecule has 0 aliphatic heterocycles. The summed E-state index contributed by atoms with van der Waals surface area (Å²) in [6.45, 7) is 5.89. The van der Waals surface area contributed by atoms with Gasteiger partial charge in [0, 0.05) is 37.1 Å². The van der Waals surface area contributed by atoms with Gasteiger partial charge in [-0.25, -0.2) is 9.80 Å². The van der Waals surface area contributed by atoms with Gasteiger partial charge < -0.3 is 15.6 Å². The lowest BCUT2D eigenvalue weighted by Crippen LogP contribution is -2.51. The van der Waals surface area contributed by atoms with Crippen LogP contribution in [0.4, 0.5) is 4.79 Å². The normalized spacial score (nSPS) is 13.4. The molecule has 3 rings (SSSR count). The molecule has 1 amide bonds. The molecule has 0 aliphatic carbocycles. The maximum atomic E-state index is 12.4. The van der Waals surface area contributed by atoms with Crippen LogP contribution in [0.5, 0.6) is 0 Å². The molecule has 0 spiro atoms. The molecule has 8 nitrogen and oxygen atoms in total. The molecule has 0 aliphatic rings. The van der Waals surface area contributed by atoms with Crippen LogP contribution in [-0.4, -0.2) is 50.5 Å². The summed E-state index contributed by atoms with van der Waals surface area (Å²) < 4.78 is 5.40. The van der Waals surface area contributed by atoms with Gasteiger partial charge in [0.2, 0.25) is 0 Å². The highest BCUT2D eigenvalue weighted by Gasteiger charge is 2.23. The summed E-state index contributed by atoms with van der Waals surface area (Å²) in [5.74, 6) is 0. The van der Waals surface area contributed by atoms with E-state index in [2.05, 4.69) is 15.4 Å². The summed E-state index contributed by atoms with van der Waals surface area (Å²) in [6, 6.07) is 17.1. The maximum Gasteiger partial charge on any atom is 0.422 e. The van der Waals surface area contributed by atoms with Crippen LogP contribution in [0.1, 0.15) is 31.9 Å². The first kappa shape index (κ1) is 25.3. The standard InChI is InChI=1S/C26H33N5O3/c1-26(2,3)34-25(33)30-31(18-24(32)22(27)15-19-7-5-4-6-8-19)17-20-9-11-21(12-10-20)23-16-28-13-14-29-23/h4-14,16,22,24,32H,15,17-18,27H2,1-3H3,(H,30,33)/t22-,24-/m0/s1. The Morgan fingerprint density at radius 2 is 1.79 bits per heavy atom. The number of carbonyl (C=O) groups excluding carboxylic acids is 1. The van der Waals surface area contributed by atoms with E-state index in [1.807, 2.05) is 54.6 Å². The van der Waals surface area contributed by atoms with Crippen molar-refractivity contribution in [1.82, 2.24) is 20.4 Å². The topological polar surface area (TPSA) is 114 Å². The zero-order valence-electron chi connectivity index (χ0n) is 19.9. The first-order valence-electron chi connectivity index (χ1n) is 11.3. The monoisotopic (exact) mass is 463 g/mol. The third kappa shape index (κ3) is 8.22. The second-order valence-corrected chi connectivity index (χ2v) is 9.20. The van der Waals surface area contributed by atoms with Gasteiger partial charge in [0.15, 0.2) is 0 Å². The van der Waals surface area contributed by atoms with Crippen LogP contribution < -0.4 is 11.2 Å². The Morgan fingerprint density at radius 3 is 2.41 bits per heavy atom. The van der Waals surface area contributed by atoms with Gasteiger partial charge in [0.05, 0.1) is 18.0 Å². The third-order valence-electron chi connectivity index (χ3n) is 5.05. The fraction of sp³-hybridized carbons (Fsp3) is 0.346. The Labute approximate surface area is 200 Å². The van der Waals surface area contributed by atoms with Crippen molar-refractivity contribution < 1.29 is 14.6 Å². The van der Waals surface area contributed by atoms with Gasteiger partial charge in [-0.15, -0.1) is 0 Å². The van der Waals surface area contributed by atoms with Gasteiger partial charge >= 0.3 is 6.09 Å². The molecule has 0 radical (unpaired) electrons. The predicted molar refractivity (Wildman–Crippen MR) is 131 cm³/mol. The van der Waals surface area contributed by atoms with E-state index in [0.717, 1.165) is 22.4 Å². The van der Waals surface area contributed by atoms with E-state index in [1.165, 1.54) is 0 Å². The number of carbonyl (C=O) groups is 1. The van der Waals surface area contributed by atoms with E-state index in [0.29, 0.717) is 13.0 Å². The van der Waals surface area contributed by atoms with E-state index in [9.17, 15) is 9.90 Å². The average molecular weight is 464 g/mol. The fourth-order valence-corrected chi connectivity index (χ4v) is 3.41. The number of hydrogen-bond acceptors (Lipinski definition) is 7. The summed E-state index contributed by atoms with van der Waals surface area (Å²) in [7, 11) is 0. The van der Waals surface area contributed by atoms with Gasteiger partial charge in [-0.2, -0.15) is 0 Å². The highest BCUT2D eigenvalue weighted by Crippen LogP contribution is 2.17. The highest BCUT2D eigenvalue weighted by molar-refractivity contribution is 5.67. The molecule has 0 saturated carbocycles. The second kappa shape index (κ2) is 11.7. The Balaban J connectivity index is 1.69. The van der Waals surface area contributed by atoms with Crippen LogP contribution in [0, 0.1) is 0 Å². The van der Waals surface area contributed by atoms with Gasteiger partial charge in [-0.05, 0) is 38.3 Å². The smallest absolute Gasteiger partial charge is 0.422 e. The lowest BCUT2D eigenvalue weighted by molar-refractivity contribution is 0.0171. The molecule has 2 atom stereocenters. The number of rotatable bonds is 9. The summed E-state index contributed by atoms with van der Waals surface area (Å²) in [5, 5.41) is 12.4. The molecular weight excluding hydrogens is 430 g/mol. The Morgan fingerprint density at radius 1 is 1.09 bits per heavy atom. The number of aromatic nitrogens is 2. The highest BCUT2D eigenvalue weighted by atomic mass is 16.6. The van der Waals surface area contributed by atoms with Crippen LogP contribution in [-0.2, 0) is 17.7 Å². The number of hydrazine groups is 1. The summed E-state index contributed by atoms with van der Waals surface area (Å²) in [5.41, 5.74) is 12.1. The van der Waals surface area contributed by atoms with Gasteiger partial charge in [-0.3, -0.25) is 15.4 Å². The molecule has 3 aromatic rings. The zero-order valence-corrected chi connectivity index (χ0v) is 19.9. The number of aliphatic hydroxyl groups excluding tert-OH is 1. The number of hydrogen-bond donors (Lipinski definition) is 3. The van der Waals surface area contributed by atoms with Crippen LogP contribution in [0.2, 0.25) is 0 Å². The number of nitrogens with zero attached hydrogens (tertiary/aromatic N) is 3. The van der Waals surface area contributed by atoms with Crippen molar-refractivity contribution in [2.45, 2.75) is 51.5 Å². The minimum atomic E-state index is -0.867. The molecule has 1 aromatic heterocycles. The molecule has 0 saturated heterocycles. The van der Waals surface area contributed by atoms with Gasteiger partial charge in [0.25, 0.3) is 0 Å². The molecule has 1 heterocycles. The Bertz CT molecular complexity index is 1020. The Kier molecular flexibility index (Phi) is 8.70. The van der Waals surface area contributed by atoms with Crippen LogP contribution in [0.25, 0.3) is 11.3 Å². The summed E-state index contributed by atoms with van der Waals surface area (Å²) in [6.07, 6.45) is 4.05. The first-order chi connectivity index (χ1) is 16.2. The Hall–Kier alpha value is -3.33. The molecule has 180 valence electrons. The number of ether oxygens (including phenoxy) is 1. The molecule has 34 heavy (non-hydrogen) atoms. The fourth-order valence-electron chi connectivity index (χ4n) is 3.41. The number of aliphatic hydroxyl groups is 1. The minimum Gasteiger partial charge on any atom is -0.443 e. The van der Waals surface area contributed by atoms with Crippen molar-refractivity contribution >= 4 is 6.09 Å². The van der Waals surface area contributed by atoms with E-state index in [1.54, 1.807) is 44.4 Å². The first-order valence-corrected chi connectivity index (χ1v) is 11.3. The quantitative estimate of drug-likeness (QED) is 0.417. The van der Waals surface area contributed by atoms with Gasteiger partial charge in [0.1, 0.15) is 5.60 Å². The van der Waals surface area contributed by atoms with Crippen LogP contribution in [0.15, 0.2) is 73.2 Å². The SMILES string of the molecule is CC(C)(C)OC(=O)NN(Cc1ccc(-c2cnccn2)cc1)C[C@H](O)[C@@H](N)Cc1ccccc1. The summed E-state index contributed by atoms with van der Waals surface area (Å²) in [4.78, 5) is 20.9. The second-order valence-electron chi connectivity index (χ2n) is 9.20. The largest absolute Gasteiger partial charge is 0.443 e. The van der Waals surface area contributed by atoms with Crippen molar-refractivity contribution in [2.24, 2.45) is 5.73 Å². The minimum absolute atomic E-state index is 0.138. The zero-order chi connectivity index (χ0) is 24.6.